The number of rotatable bonds is 7. The summed E-state index contributed by atoms with van der Waals surface area (Å²) in [6.07, 6.45) is 1.77. The fourth-order valence-electron chi connectivity index (χ4n) is 1.94. The van der Waals surface area contributed by atoms with E-state index in [9.17, 15) is 8.42 Å². The molecule has 114 valence electrons. The number of thiazole rings is 1. The minimum atomic E-state index is -3.48. The molecule has 2 N–H and O–H groups in total. The lowest BCUT2D eigenvalue weighted by molar-refractivity contribution is 0.463. The van der Waals surface area contributed by atoms with E-state index >= 15 is 0 Å². The van der Waals surface area contributed by atoms with Crippen molar-refractivity contribution in [2.75, 3.05) is 13.6 Å². The van der Waals surface area contributed by atoms with Crippen LogP contribution >= 0.6 is 11.3 Å². The van der Waals surface area contributed by atoms with Crippen molar-refractivity contribution >= 4 is 21.4 Å². The van der Waals surface area contributed by atoms with Gasteiger partial charge in [-0.2, -0.15) is 4.31 Å². The zero-order chi connectivity index (χ0) is 15.3. The lowest BCUT2D eigenvalue weighted by atomic mass is 10.1. The van der Waals surface area contributed by atoms with Gasteiger partial charge in [-0.1, -0.05) is 12.1 Å². The molecule has 0 spiro atoms. The zero-order valence-corrected chi connectivity index (χ0v) is 13.5. The fourth-order valence-corrected chi connectivity index (χ4v) is 3.63. The molecule has 0 atom stereocenters. The second-order valence-corrected chi connectivity index (χ2v) is 7.54. The van der Waals surface area contributed by atoms with Gasteiger partial charge in [0.25, 0.3) is 0 Å². The Morgan fingerprint density at radius 2 is 2.00 bits per heavy atom. The summed E-state index contributed by atoms with van der Waals surface area (Å²) in [5.41, 5.74) is 9.02. The third-order valence-corrected chi connectivity index (χ3v) is 5.62. The molecule has 0 amide bonds. The minimum absolute atomic E-state index is 0.279. The monoisotopic (exact) mass is 325 g/mol. The molecule has 0 aliphatic rings. The number of hydrogen-bond acceptors (Lipinski definition) is 5. The minimum Gasteiger partial charge on any atom is -0.330 e. The molecular formula is C14H19N3O2S2. The van der Waals surface area contributed by atoms with E-state index < -0.39 is 10.0 Å². The van der Waals surface area contributed by atoms with Gasteiger partial charge in [-0.3, -0.25) is 0 Å². The van der Waals surface area contributed by atoms with Gasteiger partial charge in [0.2, 0.25) is 10.0 Å². The Morgan fingerprint density at radius 3 is 2.57 bits per heavy atom. The third-order valence-electron chi connectivity index (χ3n) is 3.17. The van der Waals surface area contributed by atoms with E-state index in [1.165, 1.54) is 15.6 Å². The molecule has 1 aromatic heterocycles. The molecule has 7 heteroatoms. The standard InChI is InChI=1S/C14H19N3O2S2/c1-17(9-13-10-20-11-16-13)21(18,19)14-6-4-12(5-7-14)3-2-8-15/h4-7,10-11H,2-3,8-9,15H2,1H3. The van der Waals surface area contributed by atoms with Crippen LogP contribution in [0.2, 0.25) is 0 Å². The average molecular weight is 325 g/mol. The Bertz CT molecular complexity index is 652. The maximum absolute atomic E-state index is 12.5. The highest BCUT2D eigenvalue weighted by molar-refractivity contribution is 7.89. The number of nitrogens with two attached hydrogens (primary N) is 1. The second kappa shape index (κ2) is 7.13. The van der Waals surface area contributed by atoms with Gasteiger partial charge in [0, 0.05) is 12.4 Å². The van der Waals surface area contributed by atoms with E-state index in [2.05, 4.69) is 4.98 Å². The van der Waals surface area contributed by atoms with Gasteiger partial charge in [-0.25, -0.2) is 13.4 Å². The Labute approximate surface area is 129 Å². The first-order chi connectivity index (χ1) is 10.0. The van der Waals surface area contributed by atoms with E-state index in [0.29, 0.717) is 11.4 Å². The molecule has 0 fully saturated rings. The largest absolute Gasteiger partial charge is 0.330 e. The predicted octanol–water partition coefficient (Wildman–Crippen LogP) is 1.86. The van der Waals surface area contributed by atoms with Crippen LogP contribution in [0, 0.1) is 0 Å². The van der Waals surface area contributed by atoms with Crippen LogP contribution in [-0.2, 0) is 23.0 Å². The van der Waals surface area contributed by atoms with Gasteiger partial charge in [0.05, 0.1) is 22.6 Å². The summed E-state index contributed by atoms with van der Waals surface area (Å²) < 4.78 is 26.2. The van der Waals surface area contributed by atoms with Crippen LogP contribution in [0.4, 0.5) is 0 Å². The Hall–Kier alpha value is -1.28. The second-order valence-electron chi connectivity index (χ2n) is 4.78. The summed E-state index contributed by atoms with van der Waals surface area (Å²) in [6.45, 7) is 0.914. The first kappa shape index (κ1) is 16.1. The quantitative estimate of drug-likeness (QED) is 0.843. The molecule has 2 rings (SSSR count). The van der Waals surface area contributed by atoms with Crippen molar-refractivity contribution in [3.63, 3.8) is 0 Å². The first-order valence-electron chi connectivity index (χ1n) is 6.66. The van der Waals surface area contributed by atoms with E-state index in [0.717, 1.165) is 24.1 Å². The highest BCUT2D eigenvalue weighted by Crippen LogP contribution is 2.18. The number of aryl methyl sites for hydroxylation is 1. The summed E-state index contributed by atoms with van der Waals surface area (Å²) in [5.74, 6) is 0. The van der Waals surface area contributed by atoms with Crippen molar-refractivity contribution in [2.45, 2.75) is 24.3 Å². The van der Waals surface area contributed by atoms with Crippen LogP contribution in [-0.4, -0.2) is 31.3 Å². The lowest BCUT2D eigenvalue weighted by Crippen LogP contribution is -2.26. The van der Waals surface area contributed by atoms with Gasteiger partial charge >= 0.3 is 0 Å². The van der Waals surface area contributed by atoms with Gasteiger partial charge in [0.1, 0.15) is 0 Å². The summed E-state index contributed by atoms with van der Waals surface area (Å²) in [4.78, 5) is 4.41. The molecule has 0 saturated heterocycles. The summed E-state index contributed by atoms with van der Waals surface area (Å²) in [7, 11) is -1.91. The molecule has 0 saturated carbocycles. The number of hydrogen-bond donors (Lipinski definition) is 1. The van der Waals surface area contributed by atoms with Crippen molar-refractivity contribution in [2.24, 2.45) is 5.73 Å². The maximum Gasteiger partial charge on any atom is 0.243 e. The van der Waals surface area contributed by atoms with Crippen LogP contribution < -0.4 is 5.73 Å². The molecular weight excluding hydrogens is 306 g/mol. The van der Waals surface area contributed by atoms with Crippen LogP contribution in [0.15, 0.2) is 40.1 Å². The van der Waals surface area contributed by atoms with Crippen LogP contribution in [0.25, 0.3) is 0 Å². The summed E-state index contributed by atoms with van der Waals surface area (Å²) in [5, 5.41) is 1.85. The van der Waals surface area contributed by atoms with Crippen LogP contribution in [0.1, 0.15) is 17.7 Å². The van der Waals surface area contributed by atoms with Crippen molar-refractivity contribution in [1.29, 1.82) is 0 Å². The third kappa shape index (κ3) is 4.10. The van der Waals surface area contributed by atoms with Crippen molar-refractivity contribution < 1.29 is 8.42 Å². The molecule has 0 aliphatic heterocycles. The molecule has 0 bridgehead atoms. The molecule has 1 aromatic carbocycles. The topological polar surface area (TPSA) is 76.3 Å². The normalized spacial score (nSPS) is 12.0. The van der Waals surface area contributed by atoms with Gasteiger partial charge in [0.15, 0.2) is 0 Å². The van der Waals surface area contributed by atoms with E-state index in [1.54, 1.807) is 24.7 Å². The Morgan fingerprint density at radius 1 is 1.29 bits per heavy atom. The van der Waals surface area contributed by atoms with Crippen molar-refractivity contribution in [3.8, 4) is 0 Å². The Kier molecular flexibility index (Phi) is 5.46. The summed E-state index contributed by atoms with van der Waals surface area (Å²) >= 11 is 1.45. The fraction of sp³-hybridized carbons (Fsp3) is 0.357. The maximum atomic E-state index is 12.5. The lowest BCUT2D eigenvalue weighted by Gasteiger charge is -2.16. The zero-order valence-electron chi connectivity index (χ0n) is 11.9. The molecule has 5 nitrogen and oxygen atoms in total. The summed E-state index contributed by atoms with van der Waals surface area (Å²) in [6, 6.07) is 7.00. The van der Waals surface area contributed by atoms with E-state index in [4.69, 9.17) is 5.73 Å². The van der Waals surface area contributed by atoms with Gasteiger partial charge in [-0.05, 0) is 37.1 Å². The highest BCUT2D eigenvalue weighted by Gasteiger charge is 2.21. The molecule has 1 heterocycles. The highest BCUT2D eigenvalue weighted by atomic mass is 32.2. The predicted molar refractivity (Wildman–Crippen MR) is 84.6 cm³/mol. The average Bonchev–Trinajstić information content (AvgIpc) is 2.98. The van der Waals surface area contributed by atoms with Crippen LogP contribution in [0.3, 0.4) is 0 Å². The smallest absolute Gasteiger partial charge is 0.243 e. The molecule has 0 radical (unpaired) electrons. The van der Waals surface area contributed by atoms with Gasteiger partial charge < -0.3 is 5.73 Å². The Balaban J connectivity index is 2.11. The molecule has 0 unspecified atom stereocenters. The van der Waals surface area contributed by atoms with Crippen molar-refractivity contribution in [1.82, 2.24) is 9.29 Å². The number of sulfonamides is 1. The van der Waals surface area contributed by atoms with E-state index in [1.807, 2.05) is 17.5 Å². The van der Waals surface area contributed by atoms with Gasteiger partial charge in [-0.15, -0.1) is 11.3 Å². The first-order valence-corrected chi connectivity index (χ1v) is 9.04. The van der Waals surface area contributed by atoms with Crippen LogP contribution in [0.5, 0.6) is 0 Å². The molecule has 2 aromatic rings. The number of nitrogens with zero attached hydrogens (tertiary/aromatic N) is 2. The molecule has 0 aliphatic carbocycles. The number of aromatic nitrogens is 1. The number of benzene rings is 1. The SMILES string of the molecule is CN(Cc1cscn1)S(=O)(=O)c1ccc(CCCN)cc1. The van der Waals surface area contributed by atoms with Crippen molar-refractivity contribution in [3.05, 3.63) is 46.4 Å². The molecule has 21 heavy (non-hydrogen) atoms. The van der Waals surface area contributed by atoms with E-state index in [-0.39, 0.29) is 6.54 Å².